The lowest BCUT2D eigenvalue weighted by atomic mass is 10.1. The highest BCUT2D eigenvalue weighted by atomic mass is 32.2. The van der Waals surface area contributed by atoms with Crippen LogP contribution < -0.4 is 5.32 Å². The summed E-state index contributed by atoms with van der Waals surface area (Å²) >= 11 is 0. The van der Waals surface area contributed by atoms with Crippen LogP contribution in [0.4, 0.5) is 0 Å². The Morgan fingerprint density at radius 2 is 2.18 bits per heavy atom. The summed E-state index contributed by atoms with van der Waals surface area (Å²) in [6, 6.07) is 0.0464. The minimum atomic E-state index is -3.04. The van der Waals surface area contributed by atoms with Crippen LogP contribution in [0.1, 0.15) is 26.2 Å². The van der Waals surface area contributed by atoms with E-state index in [-0.39, 0.29) is 29.8 Å². The van der Waals surface area contributed by atoms with Gasteiger partial charge in [0.2, 0.25) is 0 Å². The number of hydrogen-bond donors (Lipinski definition) is 1. The van der Waals surface area contributed by atoms with Crippen molar-refractivity contribution in [2.45, 2.75) is 32.2 Å². The van der Waals surface area contributed by atoms with Crippen LogP contribution in [0.15, 0.2) is 0 Å². The third-order valence-corrected chi connectivity index (χ3v) is 4.54. The summed E-state index contributed by atoms with van der Waals surface area (Å²) in [7, 11) is -3.04. The molecule has 5 nitrogen and oxygen atoms in total. The van der Waals surface area contributed by atoms with Gasteiger partial charge >= 0.3 is 0 Å². The highest BCUT2D eigenvalue weighted by Crippen LogP contribution is 2.04. The SMILES string of the molecule is CCCS(=O)(=O)CCC(=O)CC1COCCN1. The third-order valence-electron chi connectivity index (χ3n) is 2.68. The predicted octanol–water partition coefficient (Wildman–Crippen LogP) is 0.149. The van der Waals surface area contributed by atoms with Gasteiger partial charge in [-0.2, -0.15) is 0 Å². The average molecular weight is 263 g/mol. The molecule has 1 aliphatic rings. The number of ketones is 1. The van der Waals surface area contributed by atoms with E-state index in [1.807, 2.05) is 6.92 Å². The van der Waals surface area contributed by atoms with Gasteiger partial charge < -0.3 is 10.1 Å². The minimum absolute atomic E-state index is 0.00678. The molecule has 0 saturated carbocycles. The molecule has 1 saturated heterocycles. The van der Waals surface area contributed by atoms with Crippen LogP contribution in [0.5, 0.6) is 0 Å². The molecule has 1 rings (SSSR count). The zero-order valence-electron chi connectivity index (χ0n) is 10.3. The molecule has 0 aliphatic carbocycles. The van der Waals surface area contributed by atoms with Crippen molar-refractivity contribution >= 4 is 15.6 Å². The van der Waals surface area contributed by atoms with Crippen molar-refractivity contribution in [1.29, 1.82) is 0 Å². The van der Waals surface area contributed by atoms with E-state index in [0.717, 1.165) is 6.54 Å². The number of carbonyl (C=O) groups excluding carboxylic acids is 1. The maximum atomic E-state index is 11.6. The maximum Gasteiger partial charge on any atom is 0.150 e. The van der Waals surface area contributed by atoms with Gasteiger partial charge in [-0.3, -0.25) is 4.79 Å². The second-order valence-corrected chi connectivity index (χ2v) is 6.67. The Hall–Kier alpha value is -0.460. The summed E-state index contributed by atoms with van der Waals surface area (Å²) in [4.78, 5) is 11.6. The van der Waals surface area contributed by atoms with Crippen molar-refractivity contribution in [2.75, 3.05) is 31.3 Å². The van der Waals surface area contributed by atoms with Gasteiger partial charge in [-0.1, -0.05) is 6.92 Å². The summed E-state index contributed by atoms with van der Waals surface area (Å²) < 4.78 is 28.1. The molecule has 1 N–H and O–H groups in total. The first kappa shape index (κ1) is 14.6. The number of hydrogen-bond acceptors (Lipinski definition) is 5. The lowest BCUT2D eigenvalue weighted by molar-refractivity contribution is -0.119. The summed E-state index contributed by atoms with van der Waals surface area (Å²) in [6.07, 6.45) is 1.09. The normalized spacial score (nSPS) is 21.4. The minimum Gasteiger partial charge on any atom is -0.379 e. The van der Waals surface area contributed by atoms with Crippen LogP contribution in [0.2, 0.25) is 0 Å². The van der Waals surface area contributed by atoms with Crippen molar-refractivity contribution in [2.24, 2.45) is 0 Å². The number of ether oxygens (including phenoxy) is 1. The molecular weight excluding hydrogens is 242 g/mol. The van der Waals surface area contributed by atoms with Crippen molar-refractivity contribution in [3.63, 3.8) is 0 Å². The lowest BCUT2D eigenvalue weighted by Gasteiger charge is -2.23. The van der Waals surface area contributed by atoms with Gasteiger partial charge in [-0.05, 0) is 6.42 Å². The molecule has 1 unspecified atom stereocenters. The van der Waals surface area contributed by atoms with Crippen LogP contribution in [-0.2, 0) is 19.4 Å². The third kappa shape index (κ3) is 6.14. The van der Waals surface area contributed by atoms with E-state index >= 15 is 0 Å². The molecule has 0 aromatic heterocycles. The van der Waals surface area contributed by atoms with Crippen molar-refractivity contribution in [1.82, 2.24) is 5.32 Å². The lowest BCUT2D eigenvalue weighted by Crippen LogP contribution is -2.42. The van der Waals surface area contributed by atoms with Gasteiger partial charge in [0.05, 0.1) is 19.0 Å². The molecule has 17 heavy (non-hydrogen) atoms. The fourth-order valence-corrected chi connectivity index (χ4v) is 3.17. The molecule has 0 amide bonds. The Morgan fingerprint density at radius 1 is 1.41 bits per heavy atom. The first-order valence-corrected chi connectivity index (χ1v) is 7.89. The molecule has 1 heterocycles. The van der Waals surface area contributed by atoms with Gasteiger partial charge in [0.25, 0.3) is 0 Å². The smallest absolute Gasteiger partial charge is 0.150 e. The first-order chi connectivity index (χ1) is 8.03. The molecule has 1 atom stereocenters. The number of morpholine rings is 1. The van der Waals surface area contributed by atoms with Gasteiger partial charge in [0.1, 0.15) is 5.78 Å². The predicted molar refractivity (Wildman–Crippen MR) is 65.8 cm³/mol. The van der Waals surface area contributed by atoms with E-state index in [1.165, 1.54) is 0 Å². The Morgan fingerprint density at radius 3 is 2.76 bits per heavy atom. The summed E-state index contributed by atoms with van der Waals surface area (Å²) in [5, 5.41) is 3.18. The standard InChI is InChI=1S/C11H21NO4S/c1-2-6-17(14,15)7-3-11(13)8-10-9-16-5-4-12-10/h10,12H,2-9H2,1H3. The largest absolute Gasteiger partial charge is 0.379 e. The van der Waals surface area contributed by atoms with E-state index in [1.54, 1.807) is 0 Å². The van der Waals surface area contributed by atoms with E-state index in [4.69, 9.17) is 4.74 Å². The molecule has 6 heteroatoms. The quantitative estimate of drug-likeness (QED) is 0.708. The van der Waals surface area contributed by atoms with Crippen molar-refractivity contribution in [3.8, 4) is 0 Å². The van der Waals surface area contributed by atoms with Crippen LogP contribution in [0.3, 0.4) is 0 Å². The number of carbonyl (C=O) groups is 1. The topological polar surface area (TPSA) is 72.5 Å². The van der Waals surface area contributed by atoms with Crippen LogP contribution in [0, 0.1) is 0 Å². The molecule has 1 fully saturated rings. The van der Waals surface area contributed by atoms with Gasteiger partial charge in [0.15, 0.2) is 9.84 Å². The highest BCUT2D eigenvalue weighted by Gasteiger charge is 2.18. The zero-order chi connectivity index (χ0) is 12.7. The molecule has 0 spiro atoms. The second-order valence-electron chi connectivity index (χ2n) is 4.37. The fraction of sp³-hybridized carbons (Fsp3) is 0.909. The van der Waals surface area contributed by atoms with E-state index < -0.39 is 9.84 Å². The highest BCUT2D eigenvalue weighted by molar-refractivity contribution is 7.91. The molecule has 1 aliphatic heterocycles. The van der Waals surface area contributed by atoms with Gasteiger partial charge in [-0.25, -0.2) is 8.42 Å². The first-order valence-electron chi connectivity index (χ1n) is 6.07. The average Bonchev–Trinajstić information content (AvgIpc) is 2.28. The summed E-state index contributed by atoms with van der Waals surface area (Å²) in [6.45, 7) is 3.79. The van der Waals surface area contributed by atoms with Crippen molar-refractivity contribution < 1.29 is 17.9 Å². The van der Waals surface area contributed by atoms with Gasteiger partial charge in [-0.15, -0.1) is 0 Å². The number of nitrogens with one attached hydrogen (secondary N) is 1. The Bertz CT molecular complexity index is 333. The summed E-state index contributed by atoms with van der Waals surface area (Å²) in [5.41, 5.74) is 0. The zero-order valence-corrected chi connectivity index (χ0v) is 11.1. The molecular formula is C11H21NO4S. The Labute approximate surface area is 103 Å². The fourth-order valence-electron chi connectivity index (χ4n) is 1.81. The molecule has 0 aromatic carbocycles. The van der Waals surface area contributed by atoms with Crippen molar-refractivity contribution in [3.05, 3.63) is 0 Å². The van der Waals surface area contributed by atoms with E-state index in [9.17, 15) is 13.2 Å². The summed E-state index contributed by atoms with van der Waals surface area (Å²) in [5.74, 6) is 0.144. The van der Waals surface area contributed by atoms with Crippen LogP contribution in [0.25, 0.3) is 0 Å². The molecule has 0 bridgehead atoms. The molecule has 100 valence electrons. The van der Waals surface area contributed by atoms with E-state index in [2.05, 4.69) is 5.32 Å². The maximum absolute atomic E-state index is 11.6. The van der Waals surface area contributed by atoms with E-state index in [0.29, 0.717) is 26.1 Å². The number of Topliss-reactive ketones (excluding diaryl/α,β-unsaturated/α-hetero) is 1. The molecule has 0 aromatic rings. The number of sulfone groups is 1. The second kappa shape index (κ2) is 7.08. The Kier molecular flexibility index (Phi) is 6.08. The van der Waals surface area contributed by atoms with Crippen LogP contribution >= 0.6 is 0 Å². The number of rotatable bonds is 7. The van der Waals surface area contributed by atoms with Crippen LogP contribution in [-0.4, -0.2) is 51.5 Å². The van der Waals surface area contributed by atoms with Gasteiger partial charge in [0, 0.05) is 31.2 Å². The monoisotopic (exact) mass is 263 g/mol. The Balaban J connectivity index is 2.25. The molecule has 0 radical (unpaired) electrons.